The Kier molecular flexibility index (Phi) is 4.93. The predicted molar refractivity (Wildman–Crippen MR) is 95.6 cm³/mol. The lowest BCUT2D eigenvalue weighted by Gasteiger charge is -2.09. The summed E-state index contributed by atoms with van der Waals surface area (Å²) in [4.78, 5) is 39.5. The SMILES string of the molecule is CC(=O)Nc1cccc(NC(=O)Cn2cnc(-c3ccco3)cc2=O)c1. The Hall–Kier alpha value is -3.68. The molecule has 2 aromatic heterocycles. The van der Waals surface area contributed by atoms with E-state index < -0.39 is 0 Å². The fourth-order valence-electron chi connectivity index (χ4n) is 2.34. The normalized spacial score (nSPS) is 10.3. The lowest BCUT2D eigenvalue weighted by Crippen LogP contribution is -2.27. The smallest absolute Gasteiger partial charge is 0.254 e. The van der Waals surface area contributed by atoms with Crippen LogP contribution in [-0.2, 0) is 16.1 Å². The highest BCUT2D eigenvalue weighted by Crippen LogP contribution is 2.16. The van der Waals surface area contributed by atoms with Crippen LogP contribution in [0, 0.1) is 0 Å². The number of anilines is 2. The third kappa shape index (κ3) is 4.23. The molecule has 0 bridgehead atoms. The van der Waals surface area contributed by atoms with E-state index in [0.717, 1.165) is 0 Å². The van der Waals surface area contributed by atoms with Gasteiger partial charge >= 0.3 is 0 Å². The maximum atomic E-state index is 12.2. The largest absolute Gasteiger partial charge is 0.463 e. The van der Waals surface area contributed by atoms with Gasteiger partial charge in [0.25, 0.3) is 5.56 Å². The first-order chi connectivity index (χ1) is 12.5. The molecule has 2 N–H and O–H groups in total. The molecule has 0 radical (unpaired) electrons. The zero-order valence-corrected chi connectivity index (χ0v) is 13.9. The van der Waals surface area contributed by atoms with E-state index >= 15 is 0 Å². The second-order valence-corrected chi connectivity index (χ2v) is 5.53. The minimum absolute atomic E-state index is 0.186. The summed E-state index contributed by atoms with van der Waals surface area (Å²) in [6.45, 7) is 1.21. The van der Waals surface area contributed by atoms with Crippen LogP contribution in [0.5, 0.6) is 0 Å². The molecule has 0 spiro atoms. The van der Waals surface area contributed by atoms with Gasteiger partial charge in [0, 0.05) is 24.4 Å². The van der Waals surface area contributed by atoms with Gasteiger partial charge in [-0.15, -0.1) is 0 Å². The lowest BCUT2D eigenvalue weighted by molar-refractivity contribution is -0.117. The summed E-state index contributed by atoms with van der Waals surface area (Å²) in [6.07, 6.45) is 2.79. The van der Waals surface area contributed by atoms with Crippen LogP contribution in [0.2, 0.25) is 0 Å². The average Bonchev–Trinajstić information content (AvgIpc) is 3.11. The van der Waals surface area contributed by atoms with Crippen molar-refractivity contribution in [2.24, 2.45) is 0 Å². The Morgan fingerprint density at radius 3 is 2.54 bits per heavy atom. The molecule has 0 saturated heterocycles. The Balaban J connectivity index is 1.68. The summed E-state index contributed by atoms with van der Waals surface area (Å²) in [5, 5.41) is 5.31. The number of hydrogen-bond acceptors (Lipinski definition) is 5. The van der Waals surface area contributed by atoms with E-state index in [-0.39, 0.29) is 23.9 Å². The zero-order valence-electron chi connectivity index (χ0n) is 13.9. The van der Waals surface area contributed by atoms with E-state index in [1.54, 1.807) is 36.4 Å². The first-order valence-corrected chi connectivity index (χ1v) is 7.79. The van der Waals surface area contributed by atoms with Crippen molar-refractivity contribution in [3.05, 3.63) is 65.4 Å². The van der Waals surface area contributed by atoms with Crippen molar-refractivity contribution in [3.8, 4) is 11.5 Å². The number of aromatic nitrogens is 2. The summed E-state index contributed by atoms with van der Waals surface area (Å²) in [5.74, 6) is -0.115. The summed E-state index contributed by atoms with van der Waals surface area (Å²) in [7, 11) is 0. The molecule has 0 unspecified atom stereocenters. The second-order valence-electron chi connectivity index (χ2n) is 5.53. The number of amides is 2. The van der Waals surface area contributed by atoms with Crippen molar-refractivity contribution < 1.29 is 14.0 Å². The number of carbonyl (C=O) groups excluding carboxylic acids is 2. The van der Waals surface area contributed by atoms with Crippen LogP contribution in [0.3, 0.4) is 0 Å². The highest BCUT2D eigenvalue weighted by molar-refractivity contribution is 5.93. The first kappa shape index (κ1) is 17.2. The standard InChI is InChI=1S/C18H16N4O4/c1-12(23)20-13-4-2-5-14(8-13)21-17(24)10-22-11-19-15(9-18(22)25)16-6-3-7-26-16/h2-9,11H,10H2,1H3,(H,20,23)(H,21,24). The molecule has 8 nitrogen and oxygen atoms in total. The van der Waals surface area contributed by atoms with E-state index in [1.165, 1.54) is 30.1 Å². The van der Waals surface area contributed by atoms with E-state index in [4.69, 9.17) is 4.42 Å². The number of furan rings is 1. The summed E-state index contributed by atoms with van der Waals surface area (Å²) >= 11 is 0. The average molecular weight is 352 g/mol. The number of rotatable bonds is 5. The maximum Gasteiger partial charge on any atom is 0.254 e. The Morgan fingerprint density at radius 2 is 1.88 bits per heavy atom. The molecule has 0 aliphatic rings. The van der Waals surface area contributed by atoms with Crippen LogP contribution in [0.25, 0.3) is 11.5 Å². The van der Waals surface area contributed by atoms with Gasteiger partial charge in [-0.05, 0) is 30.3 Å². The van der Waals surface area contributed by atoms with Gasteiger partial charge in [0.1, 0.15) is 12.2 Å². The van der Waals surface area contributed by atoms with Gasteiger partial charge in [0.2, 0.25) is 11.8 Å². The summed E-state index contributed by atoms with van der Waals surface area (Å²) in [5.41, 5.74) is 1.11. The molecule has 132 valence electrons. The fraction of sp³-hybridized carbons (Fsp3) is 0.111. The third-order valence-electron chi connectivity index (χ3n) is 3.43. The monoisotopic (exact) mass is 352 g/mol. The van der Waals surface area contributed by atoms with Crippen molar-refractivity contribution in [3.63, 3.8) is 0 Å². The van der Waals surface area contributed by atoms with Gasteiger partial charge in [0.05, 0.1) is 12.6 Å². The van der Waals surface area contributed by atoms with E-state index in [1.807, 2.05) is 0 Å². The quantitative estimate of drug-likeness (QED) is 0.731. The molecule has 0 aliphatic heterocycles. The first-order valence-electron chi connectivity index (χ1n) is 7.79. The molecular weight excluding hydrogens is 336 g/mol. The lowest BCUT2D eigenvalue weighted by atomic mass is 10.2. The zero-order chi connectivity index (χ0) is 18.5. The molecule has 2 amide bonds. The van der Waals surface area contributed by atoms with E-state index in [0.29, 0.717) is 22.8 Å². The van der Waals surface area contributed by atoms with E-state index in [9.17, 15) is 14.4 Å². The molecule has 0 saturated carbocycles. The third-order valence-corrected chi connectivity index (χ3v) is 3.43. The number of carbonyl (C=O) groups is 2. The minimum atomic E-state index is -0.389. The fourth-order valence-corrected chi connectivity index (χ4v) is 2.34. The topological polar surface area (TPSA) is 106 Å². The van der Waals surface area contributed by atoms with E-state index in [2.05, 4.69) is 15.6 Å². The van der Waals surface area contributed by atoms with Crippen LogP contribution >= 0.6 is 0 Å². The summed E-state index contributed by atoms with van der Waals surface area (Å²) in [6, 6.07) is 11.4. The van der Waals surface area contributed by atoms with Crippen LogP contribution < -0.4 is 16.2 Å². The Labute approximate surface area is 148 Å². The van der Waals surface area contributed by atoms with Gasteiger partial charge in [-0.25, -0.2) is 4.98 Å². The predicted octanol–water partition coefficient (Wildman–Crippen LogP) is 2.10. The van der Waals surface area contributed by atoms with Crippen LogP contribution in [0.4, 0.5) is 11.4 Å². The van der Waals surface area contributed by atoms with Crippen LogP contribution in [-0.4, -0.2) is 21.4 Å². The molecule has 26 heavy (non-hydrogen) atoms. The number of hydrogen-bond donors (Lipinski definition) is 2. The Bertz CT molecular complexity index is 992. The molecular formula is C18H16N4O4. The van der Waals surface area contributed by atoms with Crippen molar-refractivity contribution in [2.75, 3.05) is 10.6 Å². The van der Waals surface area contributed by atoms with Gasteiger partial charge < -0.3 is 15.1 Å². The molecule has 3 aromatic rings. The van der Waals surface area contributed by atoms with Gasteiger partial charge in [-0.3, -0.25) is 19.0 Å². The second kappa shape index (κ2) is 7.47. The van der Waals surface area contributed by atoms with Crippen molar-refractivity contribution >= 4 is 23.2 Å². The van der Waals surface area contributed by atoms with Crippen LogP contribution in [0.1, 0.15) is 6.92 Å². The minimum Gasteiger partial charge on any atom is -0.463 e. The molecule has 1 aromatic carbocycles. The van der Waals surface area contributed by atoms with Crippen molar-refractivity contribution in [1.29, 1.82) is 0 Å². The van der Waals surface area contributed by atoms with Crippen molar-refractivity contribution in [2.45, 2.75) is 13.5 Å². The molecule has 0 aliphatic carbocycles. The van der Waals surface area contributed by atoms with Gasteiger partial charge in [-0.2, -0.15) is 0 Å². The number of nitrogens with zero attached hydrogens (tertiary/aromatic N) is 2. The Morgan fingerprint density at radius 1 is 1.12 bits per heavy atom. The molecule has 8 heteroatoms. The highest BCUT2D eigenvalue weighted by Gasteiger charge is 2.09. The van der Waals surface area contributed by atoms with Crippen LogP contribution in [0.15, 0.2) is 64.3 Å². The van der Waals surface area contributed by atoms with Crippen molar-refractivity contribution in [1.82, 2.24) is 9.55 Å². The highest BCUT2D eigenvalue weighted by atomic mass is 16.3. The van der Waals surface area contributed by atoms with Gasteiger partial charge in [0.15, 0.2) is 5.76 Å². The molecule has 3 rings (SSSR count). The number of nitrogens with one attached hydrogen (secondary N) is 2. The maximum absolute atomic E-state index is 12.2. The molecule has 0 atom stereocenters. The molecule has 0 fully saturated rings. The van der Waals surface area contributed by atoms with Gasteiger partial charge in [-0.1, -0.05) is 6.07 Å². The molecule has 2 heterocycles. The number of benzene rings is 1. The summed E-state index contributed by atoms with van der Waals surface area (Å²) < 4.78 is 6.39.